The number of ether oxygens (including phenoxy) is 1. The van der Waals surface area contributed by atoms with Crippen molar-refractivity contribution in [3.05, 3.63) is 120 Å². The van der Waals surface area contributed by atoms with Gasteiger partial charge in [0.05, 0.1) is 29.1 Å². The summed E-state index contributed by atoms with van der Waals surface area (Å²) in [6.07, 6.45) is 0.0460. The van der Waals surface area contributed by atoms with Crippen LogP contribution in [-0.4, -0.2) is 53.8 Å². The summed E-state index contributed by atoms with van der Waals surface area (Å²) in [6.45, 7) is 4.29. The lowest BCUT2D eigenvalue weighted by atomic mass is 10.0. The van der Waals surface area contributed by atoms with Crippen molar-refractivity contribution in [1.82, 2.24) is 14.1 Å². The number of hydrogen-bond donors (Lipinski definition) is 1. The van der Waals surface area contributed by atoms with E-state index >= 15 is 0 Å². The van der Waals surface area contributed by atoms with Gasteiger partial charge >= 0.3 is 5.97 Å². The number of benzene rings is 4. The van der Waals surface area contributed by atoms with Crippen LogP contribution in [0, 0.1) is 0 Å². The van der Waals surface area contributed by atoms with Crippen LogP contribution in [0.1, 0.15) is 30.9 Å². The van der Waals surface area contributed by atoms with Crippen LogP contribution in [0.25, 0.3) is 28.2 Å². The van der Waals surface area contributed by atoms with Crippen molar-refractivity contribution < 1.29 is 23.1 Å². The number of rotatable bonds is 11. The molecule has 0 radical (unpaired) electrons. The standard InChI is InChI=1S/C35H35N3O5S/c1-24(2)26-10-12-28(13-11-26)33-23-32(27-14-18-30(43-4)19-15-27)36-38(33)29-16-20-31(21-17-29)44(41,42)37(3)34(35(39)40)22-25-8-6-5-7-9-25/h5-21,23-24,34H,22H2,1-4H3,(H,39,40)/t34-/m0/s1. The summed E-state index contributed by atoms with van der Waals surface area (Å²) in [5.41, 5.74) is 6.07. The summed E-state index contributed by atoms with van der Waals surface area (Å²) < 4.78 is 35.1. The second-order valence-electron chi connectivity index (χ2n) is 10.9. The predicted molar refractivity (Wildman–Crippen MR) is 172 cm³/mol. The first-order valence-corrected chi connectivity index (χ1v) is 15.7. The third-order valence-corrected chi connectivity index (χ3v) is 9.60. The van der Waals surface area contributed by atoms with Crippen LogP contribution in [0.3, 0.4) is 0 Å². The van der Waals surface area contributed by atoms with Crippen molar-refractivity contribution in [2.24, 2.45) is 0 Å². The zero-order chi connectivity index (χ0) is 31.4. The Kier molecular flexibility index (Phi) is 8.98. The minimum atomic E-state index is -4.11. The minimum Gasteiger partial charge on any atom is -0.497 e. The highest BCUT2D eigenvalue weighted by Crippen LogP contribution is 2.31. The van der Waals surface area contributed by atoms with E-state index in [-0.39, 0.29) is 11.3 Å². The number of methoxy groups -OCH3 is 1. The third-order valence-electron chi connectivity index (χ3n) is 7.72. The molecule has 8 nitrogen and oxygen atoms in total. The number of carboxylic acids is 1. The van der Waals surface area contributed by atoms with Crippen LogP contribution >= 0.6 is 0 Å². The molecule has 5 rings (SSSR count). The molecule has 0 bridgehead atoms. The average Bonchev–Trinajstić information content (AvgIpc) is 3.49. The van der Waals surface area contributed by atoms with Crippen molar-refractivity contribution in [2.75, 3.05) is 14.2 Å². The largest absolute Gasteiger partial charge is 0.497 e. The second kappa shape index (κ2) is 12.9. The summed E-state index contributed by atoms with van der Waals surface area (Å²) in [5.74, 6) is -0.0782. The molecule has 0 aliphatic carbocycles. The predicted octanol–water partition coefficient (Wildman–Crippen LogP) is 6.65. The van der Waals surface area contributed by atoms with Crippen LogP contribution in [0.2, 0.25) is 0 Å². The number of likely N-dealkylation sites (N-methyl/N-ethyl adjacent to an activating group) is 1. The van der Waals surface area contributed by atoms with Gasteiger partial charge in [-0.3, -0.25) is 4.79 Å². The molecule has 9 heteroatoms. The highest BCUT2D eigenvalue weighted by atomic mass is 32.2. The van der Waals surface area contributed by atoms with Gasteiger partial charge in [0.25, 0.3) is 0 Å². The van der Waals surface area contributed by atoms with Crippen LogP contribution in [0.4, 0.5) is 0 Å². The number of aromatic nitrogens is 2. The molecule has 226 valence electrons. The summed E-state index contributed by atoms with van der Waals surface area (Å²) in [5, 5.41) is 14.8. The van der Waals surface area contributed by atoms with Gasteiger partial charge in [-0.25, -0.2) is 13.1 Å². The lowest BCUT2D eigenvalue weighted by molar-refractivity contribution is -0.141. The van der Waals surface area contributed by atoms with Gasteiger partial charge in [-0.15, -0.1) is 0 Å². The van der Waals surface area contributed by atoms with Gasteiger partial charge in [0.15, 0.2) is 0 Å². The van der Waals surface area contributed by atoms with Crippen LogP contribution in [-0.2, 0) is 21.2 Å². The molecule has 44 heavy (non-hydrogen) atoms. The molecular weight excluding hydrogens is 574 g/mol. The maximum absolute atomic E-state index is 13.6. The van der Waals surface area contributed by atoms with E-state index < -0.39 is 22.0 Å². The molecule has 0 saturated carbocycles. The average molecular weight is 610 g/mol. The molecule has 0 saturated heterocycles. The van der Waals surface area contributed by atoms with E-state index in [2.05, 4.69) is 38.1 Å². The Morgan fingerprint density at radius 3 is 2.07 bits per heavy atom. The SMILES string of the molecule is COc1ccc(-c2cc(-c3ccc(C(C)C)cc3)n(-c3ccc(S(=O)(=O)N(C)[C@@H](Cc4ccccc4)C(=O)O)cc3)n2)cc1. The molecule has 1 N–H and O–H groups in total. The molecule has 1 aromatic heterocycles. The minimum absolute atomic E-state index is 0.00608. The fourth-order valence-electron chi connectivity index (χ4n) is 5.03. The van der Waals surface area contributed by atoms with Crippen LogP contribution in [0.15, 0.2) is 114 Å². The molecular formula is C35H35N3O5S. The summed E-state index contributed by atoms with van der Waals surface area (Å²) in [4.78, 5) is 12.1. The normalized spacial score (nSPS) is 12.4. The van der Waals surface area contributed by atoms with Gasteiger partial charge in [0.2, 0.25) is 10.0 Å². The summed E-state index contributed by atoms with van der Waals surface area (Å²) >= 11 is 0. The first-order valence-electron chi connectivity index (χ1n) is 14.3. The van der Waals surface area contributed by atoms with Gasteiger partial charge in [0.1, 0.15) is 11.8 Å². The van der Waals surface area contributed by atoms with Crippen molar-refractivity contribution in [1.29, 1.82) is 0 Å². The van der Waals surface area contributed by atoms with Crippen LogP contribution in [0.5, 0.6) is 5.75 Å². The number of aliphatic carboxylic acids is 1. The lowest BCUT2D eigenvalue weighted by Crippen LogP contribution is -2.43. The first-order chi connectivity index (χ1) is 21.1. The molecule has 1 atom stereocenters. The highest BCUT2D eigenvalue weighted by Gasteiger charge is 2.33. The van der Waals surface area contributed by atoms with E-state index in [9.17, 15) is 18.3 Å². The zero-order valence-corrected chi connectivity index (χ0v) is 25.9. The fraction of sp³-hybridized carbons (Fsp3) is 0.200. The Labute approximate surface area is 258 Å². The Balaban J connectivity index is 1.50. The number of nitrogens with zero attached hydrogens (tertiary/aromatic N) is 3. The van der Waals surface area contributed by atoms with Gasteiger partial charge in [0, 0.05) is 18.2 Å². The molecule has 0 aliphatic rings. The van der Waals surface area contributed by atoms with Gasteiger partial charge in [-0.05, 0) is 78.1 Å². The maximum Gasteiger partial charge on any atom is 0.322 e. The fourth-order valence-corrected chi connectivity index (χ4v) is 6.34. The van der Waals surface area contributed by atoms with Gasteiger partial charge < -0.3 is 9.84 Å². The number of hydrogen-bond acceptors (Lipinski definition) is 5. The number of carboxylic acid groups (broad SMARTS) is 1. The monoisotopic (exact) mass is 609 g/mol. The summed E-state index contributed by atoms with van der Waals surface area (Å²) in [6, 6.07) is 32.0. The molecule has 0 unspecified atom stereocenters. The van der Waals surface area contributed by atoms with Gasteiger partial charge in [-0.1, -0.05) is 68.4 Å². The van der Waals surface area contributed by atoms with E-state index in [0.717, 1.165) is 38.1 Å². The molecule has 0 spiro atoms. The smallest absolute Gasteiger partial charge is 0.322 e. The van der Waals surface area contributed by atoms with E-state index in [1.807, 2.05) is 36.4 Å². The van der Waals surface area contributed by atoms with Crippen LogP contribution < -0.4 is 4.74 Å². The Bertz CT molecular complexity index is 1830. The highest BCUT2D eigenvalue weighted by molar-refractivity contribution is 7.89. The van der Waals surface area contributed by atoms with E-state index in [1.54, 1.807) is 48.2 Å². The second-order valence-corrected chi connectivity index (χ2v) is 12.9. The Morgan fingerprint density at radius 1 is 0.886 bits per heavy atom. The summed E-state index contributed by atoms with van der Waals surface area (Å²) in [7, 11) is -1.19. The molecule has 0 fully saturated rings. The Hall–Kier alpha value is -4.73. The number of carbonyl (C=O) groups is 1. The molecule has 0 amide bonds. The zero-order valence-electron chi connectivity index (χ0n) is 25.1. The third kappa shape index (κ3) is 6.44. The Morgan fingerprint density at radius 2 is 1.50 bits per heavy atom. The van der Waals surface area contributed by atoms with E-state index in [0.29, 0.717) is 11.6 Å². The molecule has 5 aromatic rings. The van der Waals surface area contributed by atoms with Crippen molar-refractivity contribution in [3.63, 3.8) is 0 Å². The van der Waals surface area contributed by atoms with E-state index in [1.165, 1.54) is 24.7 Å². The van der Waals surface area contributed by atoms with Gasteiger partial charge in [-0.2, -0.15) is 9.40 Å². The van der Waals surface area contributed by atoms with E-state index in [4.69, 9.17) is 9.84 Å². The quantitative estimate of drug-likeness (QED) is 0.180. The van der Waals surface area contributed by atoms with Crippen molar-refractivity contribution in [2.45, 2.75) is 37.1 Å². The topological polar surface area (TPSA) is 102 Å². The first kappa shape index (κ1) is 30.7. The lowest BCUT2D eigenvalue weighted by Gasteiger charge is -2.24. The molecule has 0 aliphatic heterocycles. The maximum atomic E-state index is 13.6. The van der Waals surface area contributed by atoms with Crippen molar-refractivity contribution in [3.8, 4) is 34.0 Å². The number of sulfonamides is 1. The molecule has 4 aromatic carbocycles. The van der Waals surface area contributed by atoms with Crippen molar-refractivity contribution >= 4 is 16.0 Å². The molecule has 1 heterocycles.